The lowest BCUT2D eigenvalue weighted by Crippen LogP contribution is -2.51. The summed E-state index contributed by atoms with van der Waals surface area (Å²) < 4.78 is 0.662. The maximum Gasteiger partial charge on any atom is 0.254 e. The van der Waals surface area contributed by atoms with E-state index in [1.165, 1.54) is 24.5 Å². The van der Waals surface area contributed by atoms with E-state index in [0.717, 1.165) is 25.7 Å². The molecule has 118 valence electrons. The number of nitrogens with zero attached hydrogens (tertiary/aromatic N) is 3. The molecule has 0 unspecified atom stereocenters. The highest BCUT2D eigenvalue weighted by Crippen LogP contribution is 2.27. The van der Waals surface area contributed by atoms with Crippen LogP contribution in [0.3, 0.4) is 0 Å². The Hall–Kier alpha value is -2.11. The first-order chi connectivity index (χ1) is 10.6. The second kappa shape index (κ2) is 6.34. The minimum absolute atomic E-state index is 0.0754. The van der Waals surface area contributed by atoms with Gasteiger partial charge in [0.2, 0.25) is 5.91 Å². The standard InChI is InChI=1S/C16H21N3O3/c20-15(13-3-1-2-4-13)17-9-11-18(12-10-17)16(21)14-5-7-19(22)8-6-14/h5-8,13H,1-4,9-12H2. The molecule has 3 rings (SSSR count). The number of amides is 2. The van der Waals surface area contributed by atoms with Crippen molar-refractivity contribution in [2.45, 2.75) is 25.7 Å². The molecular weight excluding hydrogens is 282 g/mol. The minimum Gasteiger partial charge on any atom is -0.619 e. The van der Waals surface area contributed by atoms with Crippen LogP contribution >= 0.6 is 0 Å². The number of carbonyl (C=O) groups excluding carboxylic acids is 2. The predicted molar refractivity (Wildman–Crippen MR) is 79.8 cm³/mol. The van der Waals surface area contributed by atoms with Crippen LogP contribution < -0.4 is 4.73 Å². The van der Waals surface area contributed by atoms with E-state index in [2.05, 4.69) is 0 Å². The van der Waals surface area contributed by atoms with Gasteiger partial charge in [-0.2, -0.15) is 4.73 Å². The van der Waals surface area contributed by atoms with Crippen molar-refractivity contribution >= 4 is 11.8 Å². The zero-order valence-corrected chi connectivity index (χ0v) is 12.6. The highest BCUT2D eigenvalue weighted by atomic mass is 16.5. The van der Waals surface area contributed by atoms with Gasteiger partial charge in [0.1, 0.15) is 0 Å². The van der Waals surface area contributed by atoms with Crippen LogP contribution in [0.2, 0.25) is 0 Å². The monoisotopic (exact) mass is 303 g/mol. The Labute approximate surface area is 129 Å². The number of hydrogen-bond acceptors (Lipinski definition) is 3. The molecule has 1 aromatic rings. The third-order valence-electron chi connectivity index (χ3n) is 4.63. The summed E-state index contributed by atoms with van der Waals surface area (Å²) in [6.07, 6.45) is 6.99. The summed E-state index contributed by atoms with van der Waals surface area (Å²) in [5, 5.41) is 11.0. The lowest BCUT2D eigenvalue weighted by atomic mass is 10.1. The number of rotatable bonds is 2. The van der Waals surface area contributed by atoms with Crippen molar-refractivity contribution in [3.8, 4) is 0 Å². The van der Waals surface area contributed by atoms with Crippen LogP contribution in [0.1, 0.15) is 36.0 Å². The van der Waals surface area contributed by atoms with Gasteiger partial charge in [-0.15, -0.1) is 0 Å². The van der Waals surface area contributed by atoms with E-state index in [4.69, 9.17) is 0 Å². The van der Waals surface area contributed by atoms with Gasteiger partial charge in [-0.25, -0.2) is 0 Å². The van der Waals surface area contributed by atoms with Gasteiger partial charge in [0.15, 0.2) is 12.4 Å². The molecule has 1 aromatic heterocycles. The van der Waals surface area contributed by atoms with Crippen LogP contribution in [0.25, 0.3) is 0 Å². The molecule has 1 saturated carbocycles. The van der Waals surface area contributed by atoms with Crippen molar-refractivity contribution in [1.29, 1.82) is 0 Å². The Morgan fingerprint density at radius 2 is 1.55 bits per heavy atom. The molecule has 6 nitrogen and oxygen atoms in total. The lowest BCUT2D eigenvalue weighted by molar-refractivity contribution is -0.605. The Morgan fingerprint density at radius 1 is 1.00 bits per heavy atom. The summed E-state index contributed by atoms with van der Waals surface area (Å²) in [6, 6.07) is 3.07. The van der Waals surface area contributed by atoms with Crippen LogP contribution in [0.4, 0.5) is 0 Å². The van der Waals surface area contributed by atoms with Gasteiger partial charge in [0.25, 0.3) is 5.91 Å². The van der Waals surface area contributed by atoms with E-state index in [9.17, 15) is 14.8 Å². The lowest BCUT2D eigenvalue weighted by Gasteiger charge is -2.36. The third kappa shape index (κ3) is 3.05. The summed E-state index contributed by atoms with van der Waals surface area (Å²) in [7, 11) is 0. The Kier molecular flexibility index (Phi) is 4.27. The molecule has 2 amide bonds. The minimum atomic E-state index is -0.0754. The summed E-state index contributed by atoms with van der Waals surface area (Å²) >= 11 is 0. The van der Waals surface area contributed by atoms with E-state index in [-0.39, 0.29) is 17.7 Å². The number of pyridine rings is 1. The van der Waals surface area contributed by atoms with E-state index < -0.39 is 0 Å². The average Bonchev–Trinajstić information content (AvgIpc) is 3.09. The van der Waals surface area contributed by atoms with Crippen LogP contribution in [-0.4, -0.2) is 47.8 Å². The van der Waals surface area contributed by atoms with Crippen molar-refractivity contribution < 1.29 is 14.3 Å². The van der Waals surface area contributed by atoms with Crippen LogP contribution in [0.5, 0.6) is 0 Å². The van der Waals surface area contributed by atoms with E-state index in [1.807, 2.05) is 4.90 Å². The van der Waals surface area contributed by atoms with Crippen molar-refractivity contribution in [3.05, 3.63) is 35.3 Å². The molecule has 0 N–H and O–H groups in total. The maximum atomic E-state index is 12.4. The first-order valence-corrected chi connectivity index (χ1v) is 7.92. The van der Waals surface area contributed by atoms with E-state index in [1.54, 1.807) is 4.90 Å². The Bertz CT molecular complexity index is 544. The van der Waals surface area contributed by atoms with Gasteiger partial charge in [-0.1, -0.05) is 12.8 Å². The molecular formula is C16H21N3O3. The van der Waals surface area contributed by atoms with E-state index >= 15 is 0 Å². The van der Waals surface area contributed by atoms with Crippen LogP contribution in [-0.2, 0) is 4.79 Å². The second-order valence-corrected chi connectivity index (χ2v) is 6.05. The molecule has 0 bridgehead atoms. The normalized spacial score (nSPS) is 19.5. The Balaban J connectivity index is 1.56. The van der Waals surface area contributed by atoms with Gasteiger partial charge < -0.3 is 15.0 Å². The molecule has 1 saturated heterocycles. The van der Waals surface area contributed by atoms with Crippen LogP contribution in [0, 0.1) is 11.1 Å². The smallest absolute Gasteiger partial charge is 0.254 e. The molecule has 2 fully saturated rings. The van der Waals surface area contributed by atoms with Gasteiger partial charge >= 0.3 is 0 Å². The molecule has 0 aromatic carbocycles. The largest absolute Gasteiger partial charge is 0.619 e. The molecule has 22 heavy (non-hydrogen) atoms. The average molecular weight is 303 g/mol. The van der Waals surface area contributed by atoms with Crippen molar-refractivity contribution in [2.75, 3.05) is 26.2 Å². The highest BCUT2D eigenvalue weighted by Gasteiger charge is 2.30. The second-order valence-electron chi connectivity index (χ2n) is 6.05. The molecule has 2 heterocycles. The number of carbonyl (C=O) groups is 2. The number of piperazine rings is 1. The van der Waals surface area contributed by atoms with Crippen molar-refractivity contribution in [1.82, 2.24) is 9.80 Å². The quantitative estimate of drug-likeness (QED) is 0.599. The fourth-order valence-electron chi connectivity index (χ4n) is 3.30. The first kappa shape index (κ1) is 14.8. The van der Waals surface area contributed by atoms with Gasteiger partial charge in [-0.05, 0) is 12.8 Å². The van der Waals surface area contributed by atoms with Crippen molar-refractivity contribution in [3.63, 3.8) is 0 Å². The Morgan fingerprint density at radius 3 is 2.14 bits per heavy atom. The van der Waals surface area contributed by atoms with Gasteiger partial charge in [0.05, 0.1) is 5.56 Å². The van der Waals surface area contributed by atoms with Gasteiger partial charge in [0, 0.05) is 44.2 Å². The summed E-state index contributed by atoms with van der Waals surface area (Å²) in [4.78, 5) is 28.4. The number of hydrogen-bond donors (Lipinski definition) is 0. The molecule has 6 heteroatoms. The van der Waals surface area contributed by atoms with Gasteiger partial charge in [-0.3, -0.25) is 9.59 Å². The fraction of sp³-hybridized carbons (Fsp3) is 0.562. The maximum absolute atomic E-state index is 12.4. The first-order valence-electron chi connectivity index (χ1n) is 7.92. The zero-order valence-electron chi connectivity index (χ0n) is 12.6. The molecule has 2 aliphatic rings. The fourth-order valence-corrected chi connectivity index (χ4v) is 3.30. The summed E-state index contributed by atoms with van der Waals surface area (Å²) in [5.41, 5.74) is 0.516. The summed E-state index contributed by atoms with van der Waals surface area (Å²) in [5.74, 6) is 0.383. The number of aromatic nitrogens is 1. The predicted octanol–water partition coefficient (Wildman–Crippen LogP) is 0.795. The molecule has 1 aliphatic carbocycles. The van der Waals surface area contributed by atoms with E-state index in [0.29, 0.717) is 36.5 Å². The topological polar surface area (TPSA) is 67.6 Å². The van der Waals surface area contributed by atoms with Crippen LogP contribution in [0.15, 0.2) is 24.5 Å². The molecule has 1 aliphatic heterocycles. The summed E-state index contributed by atoms with van der Waals surface area (Å²) in [6.45, 7) is 2.33. The molecule has 0 spiro atoms. The molecule has 0 atom stereocenters. The third-order valence-corrected chi connectivity index (χ3v) is 4.63. The SMILES string of the molecule is O=C(c1cc[n+]([O-])cc1)N1CCN(C(=O)C2CCCC2)CC1. The zero-order chi connectivity index (χ0) is 15.5. The molecule has 0 radical (unpaired) electrons. The van der Waals surface area contributed by atoms with Crippen molar-refractivity contribution in [2.24, 2.45) is 5.92 Å². The highest BCUT2D eigenvalue weighted by molar-refractivity contribution is 5.94.